The molecule has 0 bridgehead atoms. The number of rotatable bonds is 5. The van der Waals surface area contributed by atoms with Crippen LogP contribution in [-0.2, 0) is 21.4 Å². The molecule has 1 amide bonds. The normalized spacial score (nSPS) is 13.6. The Morgan fingerprint density at radius 1 is 1.16 bits per heavy atom. The lowest BCUT2D eigenvalue weighted by atomic mass is 10.0. The van der Waals surface area contributed by atoms with Crippen LogP contribution in [0.15, 0.2) is 65.8 Å². The zero-order valence-electron chi connectivity index (χ0n) is 16.9. The van der Waals surface area contributed by atoms with Crippen molar-refractivity contribution < 1.29 is 17.6 Å². The molecule has 0 spiro atoms. The fraction of sp³-hybridized carbons (Fsp3) is 0.136. The second-order valence-corrected chi connectivity index (χ2v) is 8.63. The molecule has 2 heterocycles. The summed E-state index contributed by atoms with van der Waals surface area (Å²) in [6, 6.07) is 10.3. The molecule has 2 aromatic heterocycles. The quantitative estimate of drug-likeness (QED) is 0.615. The summed E-state index contributed by atoms with van der Waals surface area (Å²) in [7, 11) is -3.94. The number of carbonyl (C=O) groups is 1. The lowest BCUT2D eigenvalue weighted by Gasteiger charge is -2.12. The number of nitrogens with two attached hydrogens (primary N) is 1. The van der Waals surface area contributed by atoms with Crippen LogP contribution in [0.2, 0.25) is 0 Å². The number of aromatic nitrogens is 3. The second kappa shape index (κ2) is 8.85. The Morgan fingerprint density at radius 3 is 2.69 bits per heavy atom. The van der Waals surface area contributed by atoms with Gasteiger partial charge in [-0.25, -0.2) is 27.6 Å². The van der Waals surface area contributed by atoms with Crippen LogP contribution in [0.25, 0.3) is 17.3 Å². The number of halogens is 1. The number of amides is 1. The average molecular weight is 453 g/mol. The van der Waals surface area contributed by atoms with Crippen molar-refractivity contribution in [2.24, 2.45) is 5.14 Å². The predicted octanol–water partition coefficient (Wildman–Crippen LogP) is 2.56. The minimum Gasteiger partial charge on any atom is -0.346 e. The first kappa shape index (κ1) is 21.6. The van der Waals surface area contributed by atoms with Gasteiger partial charge in [-0.2, -0.15) is 5.10 Å². The molecular formula is C22H20FN5O3S. The maximum absolute atomic E-state index is 13.3. The van der Waals surface area contributed by atoms with E-state index < -0.39 is 10.0 Å². The second-order valence-electron chi connectivity index (χ2n) is 7.12. The maximum atomic E-state index is 13.3. The van der Waals surface area contributed by atoms with Gasteiger partial charge in [0.25, 0.3) is 15.9 Å². The van der Waals surface area contributed by atoms with Crippen LogP contribution in [0.4, 0.5) is 4.39 Å². The number of fused-ring (bicyclic) bond motifs is 1. The number of nitrogens with one attached hydrogen (secondary N) is 1. The number of nitrogens with zero attached hydrogens (tertiary/aromatic N) is 3. The topological polar surface area (TPSA) is 120 Å². The molecule has 4 rings (SSSR count). The van der Waals surface area contributed by atoms with E-state index in [1.165, 1.54) is 24.3 Å². The van der Waals surface area contributed by atoms with E-state index in [4.69, 9.17) is 5.14 Å². The monoisotopic (exact) mass is 453 g/mol. The lowest BCUT2D eigenvalue weighted by molar-refractivity contribution is -0.115. The number of hydrogen-bond acceptors (Lipinski definition) is 5. The molecule has 10 heteroatoms. The first-order valence-electron chi connectivity index (χ1n) is 9.81. The summed E-state index contributed by atoms with van der Waals surface area (Å²) in [5.74, 6) is -0.692. The van der Waals surface area contributed by atoms with Crippen molar-refractivity contribution in [1.29, 1.82) is 0 Å². The van der Waals surface area contributed by atoms with Gasteiger partial charge in [0.15, 0.2) is 5.03 Å². The van der Waals surface area contributed by atoms with Crippen molar-refractivity contribution in [2.45, 2.75) is 24.4 Å². The fourth-order valence-corrected chi connectivity index (χ4v) is 3.85. The molecule has 0 radical (unpaired) electrons. The Bertz CT molecular complexity index is 1330. The fourth-order valence-electron chi connectivity index (χ4n) is 3.34. The summed E-state index contributed by atoms with van der Waals surface area (Å²) in [6.07, 6.45) is 8.72. The van der Waals surface area contributed by atoms with Crippen LogP contribution in [0, 0.1) is 5.82 Å². The summed E-state index contributed by atoms with van der Waals surface area (Å²) in [5.41, 5.74) is 2.81. The largest absolute Gasteiger partial charge is 0.346 e. The molecule has 164 valence electrons. The molecule has 0 unspecified atom stereocenters. The number of hydrogen-bond donors (Lipinski definition) is 2. The van der Waals surface area contributed by atoms with E-state index in [0.29, 0.717) is 34.6 Å². The average Bonchev–Trinajstić information content (AvgIpc) is 3.15. The summed E-state index contributed by atoms with van der Waals surface area (Å²) in [5, 5.41) is 12.0. The molecule has 8 nitrogen and oxygen atoms in total. The number of benzene rings is 1. The molecule has 1 aliphatic carbocycles. The van der Waals surface area contributed by atoms with E-state index in [0.717, 1.165) is 6.42 Å². The van der Waals surface area contributed by atoms with Crippen molar-refractivity contribution in [3.63, 3.8) is 0 Å². The van der Waals surface area contributed by atoms with Crippen molar-refractivity contribution in [3.8, 4) is 5.69 Å². The Balaban J connectivity index is 1.60. The SMILES string of the molecule is NS(=O)(=O)c1cccc(CNC(=O)C2=CCCC=Cc3c2cnn3-c2ccc(F)cc2)n1. The summed E-state index contributed by atoms with van der Waals surface area (Å²) in [4.78, 5) is 17.0. The highest BCUT2D eigenvalue weighted by molar-refractivity contribution is 7.89. The molecule has 1 aromatic carbocycles. The minimum absolute atomic E-state index is 0.0246. The Kier molecular flexibility index (Phi) is 5.97. The molecule has 0 saturated carbocycles. The van der Waals surface area contributed by atoms with Gasteiger partial charge in [-0.3, -0.25) is 4.79 Å². The van der Waals surface area contributed by atoms with Crippen molar-refractivity contribution >= 4 is 27.6 Å². The van der Waals surface area contributed by atoms with Gasteiger partial charge in [-0.1, -0.05) is 18.2 Å². The van der Waals surface area contributed by atoms with E-state index in [9.17, 15) is 17.6 Å². The van der Waals surface area contributed by atoms with Crippen LogP contribution < -0.4 is 10.5 Å². The molecular weight excluding hydrogens is 433 g/mol. The van der Waals surface area contributed by atoms with Crippen molar-refractivity contribution in [1.82, 2.24) is 20.1 Å². The van der Waals surface area contributed by atoms with E-state index in [1.807, 2.05) is 18.2 Å². The number of carbonyl (C=O) groups excluding carboxylic acids is 1. The van der Waals surface area contributed by atoms with Gasteiger partial charge in [-0.05, 0) is 55.3 Å². The first-order chi connectivity index (χ1) is 15.3. The van der Waals surface area contributed by atoms with Gasteiger partial charge in [0, 0.05) is 11.1 Å². The molecule has 0 fully saturated rings. The minimum atomic E-state index is -3.94. The Morgan fingerprint density at radius 2 is 1.94 bits per heavy atom. The predicted molar refractivity (Wildman–Crippen MR) is 117 cm³/mol. The third kappa shape index (κ3) is 4.66. The number of allylic oxidation sites excluding steroid dienone is 2. The van der Waals surface area contributed by atoms with Gasteiger partial charge in [0.05, 0.1) is 29.8 Å². The number of primary sulfonamides is 1. The molecule has 3 N–H and O–H groups in total. The molecule has 3 aromatic rings. The van der Waals surface area contributed by atoms with Crippen LogP contribution in [0.5, 0.6) is 0 Å². The highest BCUT2D eigenvalue weighted by atomic mass is 32.2. The Hall–Kier alpha value is -3.63. The van der Waals surface area contributed by atoms with Crippen LogP contribution >= 0.6 is 0 Å². The van der Waals surface area contributed by atoms with Crippen molar-refractivity contribution in [2.75, 3.05) is 0 Å². The zero-order chi connectivity index (χ0) is 22.7. The molecule has 1 aliphatic rings. The standard InChI is InChI=1S/C22H20FN5O3S/c23-15-9-11-17(12-10-15)28-20-7-3-1-2-6-18(19(20)14-26-28)22(29)25-13-16-5-4-8-21(27-16)32(24,30)31/h3-12,14H,1-2,13H2,(H,25,29)(H2,24,30,31). The van der Waals surface area contributed by atoms with Gasteiger partial charge >= 0.3 is 0 Å². The van der Waals surface area contributed by atoms with E-state index in [2.05, 4.69) is 15.4 Å². The van der Waals surface area contributed by atoms with Gasteiger partial charge < -0.3 is 5.32 Å². The summed E-state index contributed by atoms with van der Waals surface area (Å²) < 4.78 is 38.0. The summed E-state index contributed by atoms with van der Waals surface area (Å²) >= 11 is 0. The molecule has 32 heavy (non-hydrogen) atoms. The van der Waals surface area contributed by atoms with Crippen LogP contribution in [0.1, 0.15) is 29.8 Å². The third-order valence-electron chi connectivity index (χ3n) is 4.87. The molecule has 0 atom stereocenters. The van der Waals surface area contributed by atoms with E-state index in [1.54, 1.807) is 29.1 Å². The zero-order valence-corrected chi connectivity index (χ0v) is 17.7. The van der Waals surface area contributed by atoms with Gasteiger partial charge in [-0.15, -0.1) is 0 Å². The highest BCUT2D eigenvalue weighted by Crippen LogP contribution is 2.26. The van der Waals surface area contributed by atoms with Crippen LogP contribution in [0.3, 0.4) is 0 Å². The number of sulfonamides is 1. The van der Waals surface area contributed by atoms with Crippen molar-refractivity contribution in [3.05, 3.63) is 83.6 Å². The Labute approximate surface area is 184 Å². The van der Waals surface area contributed by atoms with E-state index in [-0.39, 0.29) is 23.3 Å². The van der Waals surface area contributed by atoms with Gasteiger partial charge in [0.2, 0.25) is 0 Å². The smallest absolute Gasteiger partial charge is 0.255 e. The summed E-state index contributed by atoms with van der Waals surface area (Å²) in [6.45, 7) is 0.0246. The lowest BCUT2D eigenvalue weighted by Crippen LogP contribution is -2.25. The first-order valence-corrected chi connectivity index (χ1v) is 11.4. The maximum Gasteiger partial charge on any atom is 0.255 e. The van der Waals surface area contributed by atoms with Gasteiger partial charge in [0.1, 0.15) is 5.82 Å². The van der Waals surface area contributed by atoms with E-state index >= 15 is 0 Å². The van der Waals surface area contributed by atoms with Crippen LogP contribution in [-0.4, -0.2) is 29.1 Å². The third-order valence-corrected chi connectivity index (χ3v) is 5.68. The molecule has 0 aliphatic heterocycles. The highest BCUT2D eigenvalue weighted by Gasteiger charge is 2.20. The molecule has 0 saturated heterocycles. The number of pyridine rings is 1.